The predicted molar refractivity (Wildman–Crippen MR) is 100 cm³/mol. The van der Waals surface area contributed by atoms with Crippen molar-refractivity contribution in [1.29, 1.82) is 0 Å². The summed E-state index contributed by atoms with van der Waals surface area (Å²) in [5.41, 5.74) is 3.88. The Bertz CT molecular complexity index is 1300. The number of imidazole rings is 1. The zero-order chi connectivity index (χ0) is 18.4. The minimum atomic E-state index is -0.372. The van der Waals surface area contributed by atoms with Gasteiger partial charge in [-0.2, -0.15) is 0 Å². The summed E-state index contributed by atoms with van der Waals surface area (Å²) in [7, 11) is 0. The summed E-state index contributed by atoms with van der Waals surface area (Å²) in [6.45, 7) is 0. The van der Waals surface area contributed by atoms with Gasteiger partial charge in [0, 0.05) is 53.1 Å². The highest BCUT2D eigenvalue weighted by Gasteiger charge is 2.14. The maximum Gasteiger partial charge on any atom is 0.262 e. The summed E-state index contributed by atoms with van der Waals surface area (Å²) in [5.74, 6) is -0.600. The fourth-order valence-corrected chi connectivity index (χ4v) is 3.27. The van der Waals surface area contributed by atoms with Gasteiger partial charge in [0.1, 0.15) is 11.5 Å². The van der Waals surface area contributed by atoms with Gasteiger partial charge in [-0.05, 0) is 42.5 Å². The molecule has 27 heavy (non-hydrogen) atoms. The molecule has 5 nitrogen and oxygen atoms in total. The van der Waals surface area contributed by atoms with Crippen LogP contribution >= 0.6 is 0 Å². The van der Waals surface area contributed by atoms with Crippen LogP contribution in [0.5, 0.6) is 0 Å². The third-order valence-corrected chi connectivity index (χ3v) is 4.63. The predicted octanol–water partition coefficient (Wildman–Crippen LogP) is 4.18. The van der Waals surface area contributed by atoms with Gasteiger partial charge in [-0.15, -0.1) is 0 Å². The standard InChI is InChI=1S/C21H13FN4O/c22-16-4-1-14(2-5-16)21(27)26-9-7-17-18(11-23-12-19(17)26)15-3-6-20-24-8-10-25(20)13-15/h1-13H. The minimum absolute atomic E-state index is 0.228. The van der Waals surface area contributed by atoms with Crippen LogP contribution in [0.1, 0.15) is 10.4 Å². The number of carbonyl (C=O) groups excluding carboxylic acids is 1. The molecule has 5 rings (SSSR count). The van der Waals surface area contributed by atoms with Gasteiger partial charge >= 0.3 is 0 Å². The SMILES string of the molecule is O=C(c1ccc(F)cc1)n1ccc2c(-c3ccc4nccn4c3)cncc21. The Kier molecular flexibility index (Phi) is 3.36. The zero-order valence-corrected chi connectivity index (χ0v) is 14.1. The van der Waals surface area contributed by atoms with E-state index in [1.165, 1.54) is 28.8 Å². The number of aromatic nitrogens is 4. The molecule has 0 unspecified atom stereocenters. The molecule has 0 fully saturated rings. The normalized spacial score (nSPS) is 11.3. The van der Waals surface area contributed by atoms with E-state index in [1.54, 1.807) is 24.8 Å². The van der Waals surface area contributed by atoms with Gasteiger partial charge in [0.2, 0.25) is 0 Å². The lowest BCUT2D eigenvalue weighted by Crippen LogP contribution is -2.10. The van der Waals surface area contributed by atoms with Gasteiger partial charge in [0.05, 0.1) is 11.7 Å². The van der Waals surface area contributed by atoms with Crippen molar-refractivity contribution in [2.75, 3.05) is 0 Å². The minimum Gasteiger partial charge on any atom is -0.306 e. The maximum atomic E-state index is 13.1. The van der Waals surface area contributed by atoms with Gasteiger partial charge in [0.25, 0.3) is 5.91 Å². The van der Waals surface area contributed by atoms with E-state index in [0.29, 0.717) is 11.1 Å². The molecule has 0 saturated carbocycles. The molecule has 0 aliphatic heterocycles. The second kappa shape index (κ2) is 5.88. The Morgan fingerprint density at radius 1 is 0.963 bits per heavy atom. The summed E-state index contributed by atoms with van der Waals surface area (Å²) in [6.07, 6.45) is 10.8. The van der Waals surface area contributed by atoms with Gasteiger partial charge in [-0.3, -0.25) is 14.3 Å². The summed E-state index contributed by atoms with van der Waals surface area (Å²) in [5, 5.41) is 0.917. The highest BCUT2D eigenvalue weighted by Crippen LogP contribution is 2.29. The second-order valence-corrected chi connectivity index (χ2v) is 6.23. The molecule has 0 saturated heterocycles. The molecule has 0 spiro atoms. The van der Waals surface area contributed by atoms with E-state index in [2.05, 4.69) is 9.97 Å². The van der Waals surface area contributed by atoms with Crippen LogP contribution in [-0.2, 0) is 0 Å². The third-order valence-electron chi connectivity index (χ3n) is 4.63. The van der Waals surface area contributed by atoms with E-state index < -0.39 is 0 Å². The lowest BCUT2D eigenvalue weighted by Gasteiger charge is -2.07. The average Bonchev–Trinajstić information content (AvgIpc) is 3.34. The smallest absolute Gasteiger partial charge is 0.262 e. The van der Waals surface area contributed by atoms with Crippen LogP contribution in [0.2, 0.25) is 0 Å². The quantitative estimate of drug-likeness (QED) is 0.477. The number of pyridine rings is 2. The first-order chi connectivity index (χ1) is 13.2. The molecule has 0 N–H and O–H groups in total. The van der Waals surface area contributed by atoms with Crippen LogP contribution < -0.4 is 0 Å². The summed E-state index contributed by atoms with van der Waals surface area (Å²) in [4.78, 5) is 21.4. The second-order valence-electron chi connectivity index (χ2n) is 6.23. The van der Waals surface area contributed by atoms with E-state index in [4.69, 9.17) is 0 Å². The lowest BCUT2D eigenvalue weighted by molar-refractivity contribution is 0.0965. The molecular weight excluding hydrogens is 343 g/mol. The van der Waals surface area contributed by atoms with E-state index in [0.717, 1.165) is 22.2 Å². The highest BCUT2D eigenvalue weighted by molar-refractivity contribution is 6.05. The first-order valence-electron chi connectivity index (χ1n) is 8.39. The Morgan fingerprint density at radius 3 is 2.67 bits per heavy atom. The van der Waals surface area contributed by atoms with Crippen molar-refractivity contribution < 1.29 is 9.18 Å². The molecule has 5 aromatic rings. The summed E-state index contributed by atoms with van der Waals surface area (Å²) in [6, 6.07) is 11.3. The average molecular weight is 356 g/mol. The molecule has 4 heterocycles. The van der Waals surface area contributed by atoms with E-state index in [1.807, 2.05) is 35.0 Å². The van der Waals surface area contributed by atoms with Crippen LogP contribution in [0, 0.1) is 5.82 Å². The van der Waals surface area contributed by atoms with Crippen molar-refractivity contribution in [2.24, 2.45) is 0 Å². The summed E-state index contributed by atoms with van der Waals surface area (Å²) >= 11 is 0. The largest absolute Gasteiger partial charge is 0.306 e. The Balaban J connectivity index is 1.64. The molecule has 0 bridgehead atoms. The van der Waals surface area contributed by atoms with Crippen molar-refractivity contribution in [3.05, 3.63) is 91.0 Å². The van der Waals surface area contributed by atoms with Gasteiger partial charge in [-0.25, -0.2) is 9.37 Å². The molecule has 130 valence electrons. The molecule has 0 atom stereocenters. The van der Waals surface area contributed by atoms with Crippen molar-refractivity contribution in [3.8, 4) is 11.1 Å². The van der Waals surface area contributed by atoms with Crippen LogP contribution in [0.15, 0.2) is 79.6 Å². The third kappa shape index (κ3) is 2.50. The first-order valence-corrected chi connectivity index (χ1v) is 8.39. The van der Waals surface area contributed by atoms with Gasteiger partial charge in [-0.1, -0.05) is 0 Å². The fraction of sp³-hybridized carbons (Fsp3) is 0. The first kappa shape index (κ1) is 15.5. The molecule has 0 amide bonds. The van der Waals surface area contributed by atoms with E-state index in [-0.39, 0.29) is 11.7 Å². The topological polar surface area (TPSA) is 52.2 Å². The van der Waals surface area contributed by atoms with Crippen molar-refractivity contribution in [3.63, 3.8) is 0 Å². The van der Waals surface area contributed by atoms with E-state index >= 15 is 0 Å². The van der Waals surface area contributed by atoms with Crippen molar-refractivity contribution in [2.45, 2.75) is 0 Å². The molecule has 4 aromatic heterocycles. The monoisotopic (exact) mass is 356 g/mol. The number of fused-ring (bicyclic) bond motifs is 2. The molecule has 0 radical (unpaired) electrons. The Hall–Kier alpha value is -3.80. The van der Waals surface area contributed by atoms with Gasteiger partial charge in [0.15, 0.2) is 0 Å². The number of halogens is 1. The zero-order valence-electron chi connectivity index (χ0n) is 14.1. The van der Waals surface area contributed by atoms with Crippen LogP contribution in [0.3, 0.4) is 0 Å². The number of rotatable bonds is 2. The molecule has 0 aliphatic rings. The number of nitrogens with zero attached hydrogens (tertiary/aromatic N) is 4. The van der Waals surface area contributed by atoms with Gasteiger partial charge < -0.3 is 4.40 Å². The molecule has 1 aromatic carbocycles. The number of benzene rings is 1. The van der Waals surface area contributed by atoms with Crippen LogP contribution in [-0.4, -0.2) is 24.8 Å². The Morgan fingerprint density at radius 2 is 1.81 bits per heavy atom. The lowest BCUT2D eigenvalue weighted by atomic mass is 10.1. The van der Waals surface area contributed by atoms with Crippen molar-refractivity contribution in [1.82, 2.24) is 18.9 Å². The number of hydrogen-bond acceptors (Lipinski definition) is 3. The molecule has 6 heteroatoms. The Labute approximate surface area is 153 Å². The molecular formula is C21H13FN4O. The summed E-state index contributed by atoms with van der Waals surface area (Å²) < 4.78 is 16.6. The number of hydrogen-bond donors (Lipinski definition) is 0. The van der Waals surface area contributed by atoms with Crippen molar-refractivity contribution >= 4 is 22.5 Å². The fourth-order valence-electron chi connectivity index (χ4n) is 3.27. The number of carbonyl (C=O) groups is 1. The molecule has 0 aliphatic carbocycles. The van der Waals surface area contributed by atoms with Crippen LogP contribution in [0.4, 0.5) is 4.39 Å². The maximum absolute atomic E-state index is 13.1. The van der Waals surface area contributed by atoms with E-state index in [9.17, 15) is 9.18 Å². The van der Waals surface area contributed by atoms with Crippen LogP contribution in [0.25, 0.3) is 27.7 Å². The highest BCUT2D eigenvalue weighted by atomic mass is 19.1.